The van der Waals surface area contributed by atoms with Crippen LogP contribution in [0.3, 0.4) is 0 Å². The van der Waals surface area contributed by atoms with Crippen molar-refractivity contribution < 1.29 is 4.52 Å². The van der Waals surface area contributed by atoms with Gasteiger partial charge in [-0.3, -0.25) is 19.0 Å². The quantitative estimate of drug-likeness (QED) is 0.473. The molecule has 1 saturated heterocycles. The molecule has 0 spiro atoms. The maximum Gasteiger partial charge on any atom is 0.258 e. The topological polar surface area (TPSA) is 66.9 Å². The molecule has 0 saturated carbocycles. The molecule has 4 aromatic rings. The number of piperazine rings is 1. The summed E-state index contributed by atoms with van der Waals surface area (Å²) in [6, 6.07) is 11.2. The minimum Gasteiger partial charge on any atom is -0.359 e. The van der Waals surface area contributed by atoms with Crippen LogP contribution in [0.25, 0.3) is 16.2 Å². The molecule has 0 unspecified atom stereocenters. The van der Waals surface area contributed by atoms with Gasteiger partial charge in [-0.05, 0) is 12.1 Å². The Morgan fingerprint density at radius 3 is 2.53 bits per heavy atom. The van der Waals surface area contributed by atoms with E-state index in [9.17, 15) is 4.79 Å². The monoisotopic (exact) mass is 441 g/mol. The Balaban J connectivity index is 1.17. The molecule has 9 heteroatoms. The number of benzene rings is 1. The molecule has 0 radical (unpaired) electrons. The van der Waals surface area contributed by atoms with E-state index in [-0.39, 0.29) is 5.56 Å². The van der Waals surface area contributed by atoms with Gasteiger partial charge in [0.25, 0.3) is 5.56 Å². The Labute approximate surface area is 182 Å². The van der Waals surface area contributed by atoms with Crippen LogP contribution in [0.5, 0.6) is 0 Å². The summed E-state index contributed by atoms with van der Waals surface area (Å²) in [6.45, 7) is 5.12. The summed E-state index contributed by atoms with van der Waals surface area (Å²) in [7, 11) is 0. The molecule has 0 N–H and O–H groups in total. The van der Waals surface area contributed by atoms with E-state index in [1.165, 1.54) is 11.3 Å². The van der Waals surface area contributed by atoms with Gasteiger partial charge in [0.15, 0.2) is 10.7 Å². The molecular weight excluding hydrogens is 422 g/mol. The van der Waals surface area contributed by atoms with Crippen LogP contribution in [-0.2, 0) is 13.1 Å². The highest BCUT2D eigenvalue weighted by molar-refractivity contribution is 7.15. The fourth-order valence-corrected chi connectivity index (χ4v) is 4.53. The van der Waals surface area contributed by atoms with Crippen molar-refractivity contribution in [3.63, 3.8) is 0 Å². The number of rotatable bonds is 5. The highest BCUT2D eigenvalue weighted by Gasteiger charge is 2.19. The van der Waals surface area contributed by atoms with Crippen molar-refractivity contribution in [2.45, 2.75) is 13.1 Å². The van der Waals surface area contributed by atoms with Gasteiger partial charge in [0, 0.05) is 67.0 Å². The summed E-state index contributed by atoms with van der Waals surface area (Å²) in [5.74, 6) is 0.853. The summed E-state index contributed by atoms with van der Waals surface area (Å²) in [6.07, 6.45) is 1.76. The zero-order valence-electron chi connectivity index (χ0n) is 16.2. The van der Waals surface area contributed by atoms with Crippen LogP contribution in [-0.4, -0.2) is 50.5 Å². The molecule has 5 rings (SSSR count). The van der Waals surface area contributed by atoms with Gasteiger partial charge < -0.3 is 4.52 Å². The third kappa shape index (κ3) is 4.17. The average molecular weight is 442 g/mol. The van der Waals surface area contributed by atoms with E-state index in [4.69, 9.17) is 16.1 Å². The van der Waals surface area contributed by atoms with Crippen LogP contribution in [0.15, 0.2) is 57.3 Å². The lowest BCUT2D eigenvalue weighted by Crippen LogP contribution is -2.45. The third-order valence-electron chi connectivity index (χ3n) is 5.29. The molecule has 154 valence electrons. The standard InChI is InChI=1S/C21H20ClN5O2S/c22-16-3-1-15(2-4-16)19-12-18(29-24-19)14-26-7-5-25(6-8-26)13-17-11-20(28)27-9-10-30-21(27)23-17/h1-4,9-12H,5-8,13-14H2. The van der Waals surface area contributed by atoms with E-state index in [2.05, 4.69) is 19.9 Å². The van der Waals surface area contributed by atoms with Gasteiger partial charge in [0.2, 0.25) is 0 Å². The largest absolute Gasteiger partial charge is 0.359 e. The number of aromatic nitrogens is 3. The predicted octanol–water partition coefficient (Wildman–Crippen LogP) is 3.38. The smallest absolute Gasteiger partial charge is 0.258 e. The maximum atomic E-state index is 12.2. The second-order valence-corrected chi connectivity index (χ2v) is 8.69. The second-order valence-electron chi connectivity index (χ2n) is 7.38. The molecule has 3 aromatic heterocycles. The van der Waals surface area contributed by atoms with E-state index in [1.54, 1.807) is 16.7 Å². The molecular formula is C21H20ClN5O2S. The van der Waals surface area contributed by atoms with Gasteiger partial charge in [0.1, 0.15) is 5.69 Å². The van der Waals surface area contributed by atoms with Gasteiger partial charge in [-0.25, -0.2) is 4.98 Å². The van der Waals surface area contributed by atoms with Crippen LogP contribution < -0.4 is 5.56 Å². The van der Waals surface area contributed by atoms with Crippen molar-refractivity contribution in [3.05, 3.63) is 74.8 Å². The molecule has 1 aliphatic heterocycles. The Kier molecular flexibility index (Phi) is 5.39. The Morgan fingerprint density at radius 2 is 1.77 bits per heavy atom. The summed E-state index contributed by atoms with van der Waals surface area (Å²) < 4.78 is 7.12. The van der Waals surface area contributed by atoms with Crippen molar-refractivity contribution in [1.82, 2.24) is 24.3 Å². The van der Waals surface area contributed by atoms with Gasteiger partial charge in [-0.2, -0.15) is 0 Å². The first kappa shape index (κ1) is 19.4. The lowest BCUT2D eigenvalue weighted by molar-refractivity contribution is 0.113. The van der Waals surface area contributed by atoms with Gasteiger partial charge in [-0.1, -0.05) is 28.9 Å². The summed E-state index contributed by atoms with van der Waals surface area (Å²) in [5.41, 5.74) is 2.63. The van der Waals surface area contributed by atoms with Crippen molar-refractivity contribution in [2.24, 2.45) is 0 Å². The van der Waals surface area contributed by atoms with E-state index in [1.807, 2.05) is 35.7 Å². The Morgan fingerprint density at radius 1 is 1.03 bits per heavy atom. The molecule has 4 heterocycles. The molecule has 1 aliphatic rings. The number of thiazole rings is 1. The highest BCUT2D eigenvalue weighted by Crippen LogP contribution is 2.22. The molecule has 30 heavy (non-hydrogen) atoms. The molecule has 1 aromatic carbocycles. The summed E-state index contributed by atoms with van der Waals surface area (Å²) >= 11 is 7.43. The van der Waals surface area contributed by atoms with Crippen molar-refractivity contribution in [1.29, 1.82) is 0 Å². The van der Waals surface area contributed by atoms with Crippen molar-refractivity contribution in [3.8, 4) is 11.3 Å². The van der Waals surface area contributed by atoms with Gasteiger partial charge in [0.05, 0.1) is 12.2 Å². The van der Waals surface area contributed by atoms with Gasteiger partial charge >= 0.3 is 0 Å². The van der Waals surface area contributed by atoms with Crippen LogP contribution in [0.4, 0.5) is 0 Å². The van der Waals surface area contributed by atoms with Crippen LogP contribution in [0, 0.1) is 0 Å². The Bertz CT molecular complexity index is 1210. The first-order chi connectivity index (χ1) is 14.6. The second kappa shape index (κ2) is 8.31. The van der Waals surface area contributed by atoms with Crippen molar-refractivity contribution in [2.75, 3.05) is 26.2 Å². The minimum atomic E-state index is -0.0169. The molecule has 0 amide bonds. The molecule has 0 bridgehead atoms. The number of nitrogens with zero attached hydrogens (tertiary/aromatic N) is 5. The zero-order valence-corrected chi connectivity index (χ0v) is 17.8. The molecule has 0 atom stereocenters. The predicted molar refractivity (Wildman–Crippen MR) is 117 cm³/mol. The average Bonchev–Trinajstić information content (AvgIpc) is 3.40. The lowest BCUT2D eigenvalue weighted by Gasteiger charge is -2.33. The van der Waals surface area contributed by atoms with Crippen molar-refractivity contribution >= 4 is 27.9 Å². The van der Waals surface area contributed by atoms with Crippen LogP contribution in [0.2, 0.25) is 5.02 Å². The van der Waals surface area contributed by atoms with E-state index in [0.29, 0.717) is 11.6 Å². The van der Waals surface area contributed by atoms with Gasteiger partial charge in [-0.15, -0.1) is 11.3 Å². The minimum absolute atomic E-state index is 0.0169. The number of fused-ring (bicyclic) bond motifs is 1. The highest BCUT2D eigenvalue weighted by atomic mass is 35.5. The number of hydrogen-bond acceptors (Lipinski definition) is 7. The fraction of sp³-hybridized carbons (Fsp3) is 0.286. The fourth-order valence-electron chi connectivity index (χ4n) is 3.67. The van der Waals surface area contributed by atoms with E-state index in [0.717, 1.165) is 60.4 Å². The lowest BCUT2D eigenvalue weighted by atomic mass is 10.1. The first-order valence-electron chi connectivity index (χ1n) is 9.76. The van der Waals surface area contributed by atoms with E-state index < -0.39 is 0 Å². The SMILES string of the molecule is O=c1cc(CN2CCN(Cc3cc(-c4ccc(Cl)cc4)no3)CC2)nc2sccn12. The zero-order chi connectivity index (χ0) is 20.5. The maximum absolute atomic E-state index is 12.2. The molecule has 1 fully saturated rings. The third-order valence-corrected chi connectivity index (χ3v) is 6.29. The number of halogens is 1. The van der Waals surface area contributed by atoms with Crippen LogP contribution in [0.1, 0.15) is 11.5 Å². The normalized spacial score (nSPS) is 15.8. The number of hydrogen-bond donors (Lipinski definition) is 0. The molecule has 7 nitrogen and oxygen atoms in total. The summed E-state index contributed by atoms with van der Waals surface area (Å²) in [5, 5.41) is 6.77. The van der Waals surface area contributed by atoms with Crippen LogP contribution >= 0.6 is 22.9 Å². The van der Waals surface area contributed by atoms with E-state index >= 15 is 0 Å². The Hall–Kier alpha value is -2.52. The summed E-state index contributed by atoms with van der Waals surface area (Å²) in [4.78, 5) is 22.2. The first-order valence-corrected chi connectivity index (χ1v) is 11.0. The molecule has 0 aliphatic carbocycles.